The lowest BCUT2D eigenvalue weighted by molar-refractivity contribution is 0.713. The van der Waals surface area contributed by atoms with E-state index in [1.807, 2.05) is 37.3 Å². The zero-order valence-corrected chi connectivity index (χ0v) is 11.2. The van der Waals surface area contributed by atoms with E-state index in [0.29, 0.717) is 29.0 Å². The van der Waals surface area contributed by atoms with Crippen LogP contribution in [0.5, 0.6) is 0 Å². The summed E-state index contributed by atoms with van der Waals surface area (Å²) in [5.74, 6) is 0.705. The SMILES string of the molecule is Cc1nc2ccc(N)cc2c(=O)n1Cc1ccccc1. The topological polar surface area (TPSA) is 60.9 Å². The first-order valence-corrected chi connectivity index (χ1v) is 6.46. The van der Waals surface area contributed by atoms with Crippen LogP contribution in [0.25, 0.3) is 10.9 Å². The number of nitrogens with two attached hydrogens (primary N) is 1. The molecule has 0 saturated carbocycles. The van der Waals surface area contributed by atoms with Crippen molar-refractivity contribution in [3.8, 4) is 0 Å². The van der Waals surface area contributed by atoms with Crippen molar-refractivity contribution in [2.45, 2.75) is 13.5 Å². The van der Waals surface area contributed by atoms with Gasteiger partial charge in [-0.3, -0.25) is 9.36 Å². The quantitative estimate of drug-likeness (QED) is 0.723. The Morgan fingerprint density at radius 1 is 1.15 bits per heavy atom. The lowest BCUT2D eigenvalue weighted by atomic mass is 10.2. The minimum absolute atomic E-state index is 0.0522. The molecule has 100 valence electrons. The summed E-state index contributed by atoms with van der Waals surface area (Å²) in [4.78, 5) is 17.1. The van der Waals surface area contributed by atoms with E-state index in [-0.39, 0.29) is 5.56 Å². The van der Waals surface area contributed by atoms with Crippen LogP contribution in [-0.2, 0) is 6.54 Å². The van der Waals surface area contributed by atoms with Gasteiger partial charge in [0.05, 0.1) is 17.4 Å². The van der Waals surface area contributed by atoms with Crippen LogP contribution in [0.4, 0.5) is 5.69 Å². The van der Waals surface area contributed by atoms with E-state index in [1.54, 1.807) is 22.8 Å². The third-order valence-electron chi connectivity index (χ3n) is 3.35. The summed E-state index contributed by atoms with van der Waals surface area (Å²) in [7, 11) is 0. The fraction of sp³-hybridized carbons (Fsp3) is 0.125. The van der Waals surface area contributed by atoms with E-state index in [9.17, 15) is 4.79 Å². The average molecular weight is 265 g/mol. The number of hydrogen-bond acceptors (Lipinski definition) is 3. The molecule has 1 heterocycles. The number of anilines is 1. The Bertz CT molecular complexity index is 822. The van der Waals surface area contributed by atoms with Gasteiger partial charge >= 0.3 is 0 Å². The lowest BCUT2D eigenvalue weighted by Crippen LogP contribution is -2.24. The molecule has 3 aromatic rings. The van der Waals surface area contributed by atoms with Crippen LogP contribution in [0.15, 0.2) is 53.3 Å². The molecule has 2 aromatic carbocycles. The molecule has 0 saturated heterocycles. The van der Waals surface area contributed by atoms with E-state index in [1.165, 1.54) is 0 Å². The molecule has 0 unspecified atom stereocenters. The molecule has 0 bridgehead atoms. The third-order valence-corrected chi connectivity index (χ3v) is 3.35. The monoisotopic (exact) mass is 265 g/mol. The lowest BCUT2D eigenvalue weighted by Gasteiger charge is -2.11. The van der Waals surface area contributed by atoms with Crippen LogP contribution in [-0.4, -0.2) is 9.55 Å². The molecule has 0 atom stereocenters. The number of benzene rings is 2. The summed E-state index contributed by atoms with van der Waals surface area (Å²) in [5, 5.41) is 0.562. The Morgan fingerprint density at radius 3 is 2.65 bits per heavy atom. The normalized spacial score (nSPS) is 10.8. The maximum absolute atomic E-state index is 12.6. The maximum atomic E-state index is 12.6. The number of aromatic nitrogens is 2. The molecule has 3 rings (SSSR count). The molecular weight excluding hydrogens is 250 g/mol. The zero-order valence-electron chi connectivity index (χ0n) is 11.2. The summed E-state index contributed by atoms with van der Waals surface area (Å²) >= 11 is 0. The number of rotatable bonds is 2. The Labute approximate surface area is 116 Å². The van der Waals surface area contributed by atoms with Gasteiger partial charge in [-0.2, -0.15) is 0 Å². The van der Waals surface area contributed by atoms with Gasteiger partial charge in [0.1, 0.15) is 5.82 Å². The van der Waals surface area contributed by atoms with Crippen molar-refractivity contribution in [2.75, 3.05) is 5.73 Å². The van der Waals surface area contributed by atoms with E-state index in [0.717, 1.165) is 5.56 Å². The van der Waals surface area contributed by atoms with Gasteiger partial charge in [0.25, 0.3) is 5.56 Å². The average Bonchev–Trinajstić information content (AvgIpc) is 2.46. The highest BCUT2D eigenvalue weighted by Gasteiger charge is 2.08. The summed E-state index contributed by atoms with van der Waals surface area (Å²) in [6.07, 6.45) is 0. The van der Waals surface area contributed by atoms with Crippen molar-refractivity contribution < 1.29 is 0 Å². The molecule has 0 amide bonds. The fourth-order valence-electron chi connectivity index (χ4n) is 2.30. The van der Waals surface area contributed by atoms with Crippen molar-refractivity contribution in [2.24, 2.45) is 0 Å². The standard InChI is InChI=1S/C16H15N3O/c1-11-18-15-8-7-13(17)9-14(15)16(20)19(11)10-12-5-3-2-4-6-12/h2-9H,10,17H2,1H3. The largest absolute Gasteiger partial charge is 0.399 e. The molecule has 0 fully saturated rings. The highest BCUT2D eigenvalue weighted by Crippen LogP contribution is 2.13. The molecule has 4 nitrogen and oxygen atoms in total. The summed E-state index contributed by atoms with van der Waals surface area (Å²) < 4.78 is 1.68. The number of nitrogen functional groups attached to an aromatic ring is 1. The fourth-order valence-corrected chi connectivity index (χ4v) is 2.30. The Morgan fingerprint density at radius 2 is 1.90 bits per heavy atom. The number of hydrogen-bond donors (Lipinski definition) is 1. The predicted molar refractivity (Wildman–Crippen MR) is 80.7 cm³/mol. The molecule has 4 heteroatoms. The van der Waals surface area contributed by atoms with Crippen molar-refractivity contribution in [3.63, 3.8) is 0 Å². The maximum Gasteiger partial charge on any atom is 0.261 e. The van der Waals surface area contributed by atoms with E-state index in [4.69, 9.17) is 5.73 Å². The number of aryl methyl sites for hydroxylation is 1. The predicted octanol–water partition coefficient (Wildman–Crippen LogP) is 2.34. The highest BCUT2D eigenvalue weighted by molar-refractivity contribution is 5.81. The molecule has 0 aliphatic carbocycles. The van der Waals surface area contributed by atoms with Gasteiger partial charge in [-0.15, -0.1) is 0 Å². The second kappa shape index (κ2) is 4.81. The molecule has 0 radical (unpaired) electrons. The second-order valence-corrected chi connectivity index (χ2v) is 4.81. The first-order valence-electron chi connectivity index (χ1n) is 6.46. The van der Waals surface area contributed by atoms with Gasteiger partial charge in [0.2, 0.25) is 0 Å². The van der Waals surface area contributed by atoms with Gasteiger partial charge in [-0.05, 0) is 30.7 Å². The first-order chi connectivity index (χ1) is 9.65. The van der Waals surface area contributed by atoms with Gasteiger partial charge in [-0.25, -0.2) is 4.98 Å². The van der Waals surface area contributed by atoms with Crippen LogP contribution < -0.4 is 11.3 Å². The molecular formula is C16H15N3O. The van der Waals surface area contributed by atoms with E-state index in [2.05, 4.69) is 4.98 Å². The molecule has 0 spiro atoms. The van der Waals surface area contributed by atoms with Crippen molar-refractivity contribution in [1.29, 1.82) is 0 Å². The van der Waals surface area contributed by atoms with Crippen LogP contribution in [0.3, 0.4) is 0 Å². The Balaban J connectivity index is 2.18. The Hall–Kier alpha value is -2.62. The zero-order chi connectivity index (χ0) is 14.1. The summed E-state index contributed by atoms with van der Waals surface area (Å²) in [6, 6.07) is 15.1. The minimum Gasteiger partial charge on any atom is -0.399 e. The van der Waals surface area contributed by atoms with E-state index < -0.39 is 0 Å². The Kier molecular flexibility index (Phi) is 2.99. The van der Waals surface area contributed by atoms with Crippen molar-refractivity contribution in [3.05, 3.63) is 70.3 Å². The van der Waals surface area contributed by atoms with Crippen molar-refractivity contribution >= 4 is 16.6 Å². The van der Waals surface area contributed by atoms with E-state index >= 15 is 0 Å². The second-order valence-electron chi connectivity index (χ2n) is 4.81. The van der Waals surface area contributed by atoms with Gasteiger partial charge in [0.15, 0.2) is 0 Å². The van der Waals surface area contributed by atoms with Crippen molar-refractivity contribution in [1.82, 2.24) is 9.55 Å². The van der Waals surface area contributed by atoms with Gasteiger partial charge in [-0.1, -0.05) is 30.3 Å². The molecule has 20 heavy (non-hydrogen) atoms. The minimum atomic E-state index is -0.0522. The molecule has 0 aliphatic heterocycles. The van der Waals surface area contributed by atoms with Gasteiger partial charge in [0, 0.05) is 5.69 Å². The van der Waals surface area contributed by atoms with Crippen LogP contribution >= 0.6 is 0 Å². The molecule has 1 aromatic heterocycles. The highest BCUT2D eigenvalue weighted by atomic mass is 16.1. The number of fused-ring (bicyclic) bond motifs is 1. The van der Waals surface area contributed by atoms with Crippen LogP contribution in [0.2, 0.25) is 0 Å². The smallest absolute Gasteiger partial charge is 0.261 e. The third kappa shape index (κ3) is 2.16. The summed E-state index contributed by atoms with van der Waals surface area (Å²) in [6.45, 7) is 2.36. The van der Waals surface area contributed by atoms with Crippen LogP contribution in [0.1, 0.15) is 11.4 Å². The molecule has 0 aliphatic rings. The van der Waals surface area contributed by atoms with Gasteiger partial charge < -0.3 is 5.73 Å². The summed E-state index contributed by atoms with van der Waals surface area (Å²) in [5.41, 5.74) is 8.04. The first kappa shape index (κ1) is 12.4. The van der Waals surface area contributed by atoms with Crippen LogP contribution in [0, 0.1) is 6.92 Å². The molecule has 2 N–H and O–H groups in total. The number of nitrogens with zero attached hydrogens (tertiary/aromatic N) is 2.